The number of nitriles is 1. The van der Waals surface area contributed by atoms with E-state index >= 15 is 0 Å². The maximum Gasteiger partial charge on any atom is 0.271 e. The van der Waals surface area contributed by atoms with Crippen LogP contribution in [0.5, 0.6) is 0 Å². The van der Waals surface area contributed by atoms with Crippen LogP contribution in [-0.2, 0) is 0 Å². The second-order valence-electron chi connectivity index (χ2n) is 27.4. The highest BCUT2D eigenvalue weighted by molar-refractivity contribution is 6.08. The molecule has 0 amide bonds. The fourth-order valence-corrected chi connectivity index (χ4v) is 14.9. The van der Waals surface area contributed by atoms with Gasteiger partial charge < -0.3 is 29.4 Å². The fourth-order valence-electron chi connectivity index (χ4n) is 14.9. The van der Waals surface area contributed by atoms with Crippen LogP contribution in [0, 0.1) is 31.6 Å². The Morgan fingerprint density at radius 3 is 0.699 bits per heavy atom. The van der Waals surface area contributed by atoms with Gasteiger partial charge in [-0.1, -0.05) is 224 Å². The summed E-state index contributed by atoms with van der Waals surface area (Å²) < 4.78 is 0. The van der Waals surface area contributed by atoms with Crippen LogP contribution in [-0.4, -0.2) is 31.0 Å². The average molecular weight is 1470 g/mol. The fraction of sp³-hybridized carbons (Fsp3) is 0.0300. The zero-order valence-electron chi connectivity index (χ0n) is 62.3. The molecule has 18 aromatic carbocycles. The first-order valence-corrected chi connectivity index (χ1v) is 37.2. The maximum absolute atomic E-state index is 11.3. The monoisotopic (exact) mass is 1470 g/mol. The third kappa shape index (κ3) is 14.9. The highest BCUT2D eigenvalue weighted by atomic mass is 16.6. The molecule has 0 atom stereocenters. The van der Waals surface area contributed by atoms with Gasteiger partial charge in [0, 0.05) is 129 Å². The lowest BCUT2D eigenvalue weighted by atomic mass is 10.0. The van der Waals surface area contributed by atoms with Crippen LogP contribution in [0.4, 0.5) is 96.7 Å². The molecule has 0 aliphatic heterocycles. The standard InChI is InChI=1S/C34H25N3.2C33H25N3O2/c1-36(28-18-16-25(24-35)17-19-28)29-20-22-30(23-21-29)37(33-14-6-10-26-8-2-4-12-31(26)33)34-15-7-11-27-9-3-5-13-32(27)34;1-34(28-13-8-14-29(23-28)36(37)38)26-19-21-27(22-20-26)35(32-17-6-11-24-9-2-4-15-30(24)32)33-18-7-12-25-10-3-5-16-31(25)33;1-34(27-18-22-29(23-19-27)36(37)38)26-16-20-28(21-17-26)35(32-14-6-10-24-8-2-4-12-30(24)32)33-15-7-11-25-9-3-5-13-31(25)33/h2-23H,1H3;2*2-23H,1H3. The van der Waals surface area contributed by atoms with E-state index in [1.165, 1.54) is 82.8 Å². The van der Waals surface area contributed by atoms with Crippen molar-refractivity contribution in [2.75, 3.05) is 50.5 Å². The van der Waals surface area contributed by atoms with Crippen molar-refractivity contribution in [1.82, 2.24) is 0 Å². The van der Waals surface area contributed by atoms with Crippen LogP contribution in [0.2, 0.25) is 0 Å². The summed E-state index contributed by atoms with van der Waals surface area (Å²) in [4.78, 5) is 34.6. The molecule has 0 N–H and O–H groups in total. The Bertz CT molecular complexity index is 6280. The number of fused-ring (bicyclic) bond motifs is 6. The summed E-state index contributed by atoms with van der Waals surface area (Å²) >= 11 is 0. The van der Waals surface area contributed by atoms with E-state index in [1.807, 2.05) is 61.3 Å². The predicted octanol–water partition coefficient (Wildman–Crippen LogP) is 27.4. The Labute approximate surface area is 655 Å². The lowest BCUT2D eigenvalue weighted by molar-refractivity contribution is -0.385. The number of nitro groups is 2. The van der Waals surface area contributed by atoms with Crippen LogP contribution in [0.3, 0.4) is 0 Å². The summed E-state index contributed by atoms with van der Waals surface area (Å²) in [5, 5.41) is 45.7. The summed E-state index contributed by atoms with van der Waals surface area (Å²) in [6.45, 7) is 0. The number of hydrogen-bond acceptors (Lipinski definition) is 11. The van der Waals surface area contributed by atoms with E-state index in [4.69, 9.17) is 5.26 Å². The Hall–Kier alpha value is -15.4. The van der Waals surface area contributed by atoms with Gasteiger partial charge >= 0.3 is 0 Å². The number of benzene rings is 18. The molecule has 0 aliphatic rings. The molecule has 18 aromatic rings. The maximum atomic E-state index is 11.3. The molecule has 0 saturated heterocycles. The van der Waals surface area contributed by atoms with Crippen LogP contribution in [0.25, 0.3) is 64.6 Å². The second kappa shape index (κ2) is 32.2. The van der Waals surface area contributed by atoms with Crippen molar-refractivity contribution in [3.8, 4) is 6.07 Å². The molecule has 0 aliphatic carbocycles. The van der Waals surface area contributed by atoms with Gasteiger partial charge in [0.05, 0.1) is 55.6 Å². The number of non-ortho nitro benzene ring substituents is 2. The Morgan fingerprint density at radius 2 is 0.442 bits per heavy atom. The molecule has 0 spiro atoms. The highest BCUT2D eigenvalue weighted by Crippen LogP contribution is 2.47. The van der Waals surface area contributed by atoms with Crippen molar-refractivity contribution in [3.05, 3.63) is 426 Å². The van der Waals surface area contributed by atoms with Gasteiger partial charge in [0.15, 0.2) is 0 Å². The van der Waals surface area contributed by atoms with E-state index in [-0.39, 0.29) is 21.2 Å². The van der Waals surface area contributed by atoms with Gasteiger partial charge in [0.1, 0.15) is 0 Å². The molecule has 0 heterocycles. The lowest BCUT2D eigenvalue weighted by Gasteiger charge is -2.29. The zero-order valence-corrected chi connectivity index (χ0v) is 62.3. The molecule has 0 saturated carbocycles. The number of anilines is 15. The van der Waals surface area contributed by atoms with Gasteiger partial charge in [-0.15, -0.1) is 0 Å². The van der Waals surface area contributed by atoms with Gasteiger partial charge in [-0.3, -0.25) is 20.2 Å². The summed E-state index contributed by atoms with van der Waals surface area (Å²) in [5.41, 5.74) is 16.3. The smallest absolute Gasteiger partial charge is 0.271 e. The summed E-state index contributed by atoms with van der Waals surface area (Å²) in [7, 11) is 5.92. The number of hydrogen-bond donors (Lipinski definition) is 0. The van der Waals surface area contributed by atoms with Crippen molar-refractivity contribution >= 4 is 161 Å². The summed E-state index contributed by atoms with van der Waals surface area (Å²) in [6, 6.07) is 138. The van der Waals surface area contributed by atoms with Gasteiger partial charge in [-0.05, 0) is 184 Å². The first-order valence-electron chi connectivity index (χ1n) is 37.2. The van der Waals surface area contributed by atoms with Gasteiger partial charge in [-0.2, -0.15) is 5.26 Å². The minimum absolute atomic E-state index is 0.0732. The zero-order chi connectivity index (χ0) is 77.3. The normalized spacial score (nSPS) is 10.9. The van der Waals surface area contributed by atoms with E-state index in [0.29, 0.717) is 5.56 Å². The summed E-state index contributed by atoms with van der Waals surface area (Å²) in [5.74, 6) is 0. The highest BCUT2D eigenvalue weighted by Gasteiger charge is 2.23. The van der Waals surface area contributed by atoms with Gasteiger partial charge in [-0.25, -0.2) is 0 Å². The van der Waals surface area contributed by atoms with Gasteiger partial charge in [0.25, 0.3) is 11.4 Å². The van der Waals surface area contributed by atoms with Crippen molar-refractivity contribution in [2.24, 2.45) is 0 Å². The topological polar surface area (TPSA) is 130 Å². The summed E-state index contributed by atoms with van der Waals surface area (Å²) in [6.07, 6.45) is 0. The van der Waals surface area contributed by atoms with Crippen LogP contribution < -0.4 is 29.4 Å². The van der Waals surface area contributed by atoms with E-state index in [1.54, 1.807) is 24.3 Å². The molecule has 0 unspecified atom stereocenters. The lowest BCUT2D eigenvalue weighted by Crippen LogP contribution is -2.12. The molecule has 0 aromatic heterocycles. The van der Waals surface area contributed by atoms with E-state index < -0.39 is 0 Å². The van der Waals surface area contributed by atoms with Crippen LogP contribution >= 0.6 is 0 Å². The Morgan fingerprint density at radius 1 is 0.230 bits per heavy atom. The second-order valence-corrected chi connectivity index (χ2v) is 27.4. The minimum Gasteiger partial charge on any atom is -0.345 e. The van der Waals surface area contributed by atoms with Crippen molar-refractivity contribution in [2.45, 2.75) is 0 Å². The average Bonchev–Trinajstić information content (AvgIpc) is 0.772. The molecule has 0 radical (unpaired) electrons. The molecule has 18 rings (SSSR count). The molecule has 0 fully saturated rings. The van der Waals surface area contributed by atoms with E-state index in [9.17, 15) is 20.2 Å². The van der Waals surface area contributed by atoms with Crippen molar-refractivity contribution in [1.29, 1.82) is 5.26 Å². The Balaban J connectivity index is 0.000000128. The van der Waals surface area contributed by atoms with E-state index in [0.717, 1.165) is 85.3 Å². The van der Waals surface area contributed by atoms with Crippen LogP contribution in [0.15, 0.2) is 400 Å². The molecule has 13 heteroatoms. The largest absolute Gasteiger partial charge is 0.345 e. The first-order chi connectivity index (χ1) is 55.4. The van der Waals surface area contributed by atoms with Gasteiger partial charge in [0.2, 0.25) is 0 Å². The number of rotatable bonds is 17. The molecule has 13 nitrogen and oxygen atoms in total. The first kappa shape index (κ1) is 71.8. The SMILES string of the molecule is CN(c1ccc(C#N)cc1)c1ccc(N(c2cccc3ccccc23)c2cccc3ccccc23)cc1.CN(c1ccc(N(c2cccc3ccccc23)c2cccc3ccccc23)cc1)c1ccc([N+](=O)[O-])cc1.CN(c1ccc(N(c2cccc3ccccc23)c2cccc3ccccc23)cc1)c1cccc([N+](=O)[O-])c1. The van der Waals surface area contributed by atoms with Crippen LogP contribution in [0.1, 0.15) is 5.56 Å². The quantitative estimate of drug-likeness (QED) is 0.0638. The molecule has 113 heavy (non-hydrogen) atoms. The third-order valence-electron chi connectivity index (χ3n) is 20.8. The molecule has 0 bridgehead atoms. The number of nitro benzene ring substituents is 2. The third-order valence-corrected chi connectivity index (χ3v) is 20.8. The Kier molecular flexibility index (Phi) is 20.5. The molecular weight excluding hydrogens is 1390 g/mol. The van der Waals surface area contributed by atoms with Crippen molar-refractivity contribution < 1.29 is 9.85 Å². The number of nitrogens with zero attached hydrogens (tertiary/aromatic N) is 9. The molecule has 544 valence electrons. The predicted molar refractivity (Wildman–Crippen MR) is 470 cm³/mol. The van der Waals surface area contributed by atoms with Crippen molar-refractivity contribution in [3.63, 3.8) is 0 Å². The van der Waals surface area contributed by atoms with E-state index in [2.05, 4.69) is 353 Å². The molecular formula is C100H75N9O4. The minimum atomic E-state index is -0.381.